The maximum Gasteiger partial charge on any atom is 0.218 e. The van der Waals surface area contributed by atoms with Crippen molar-refractivity contribution in [3.63, 3.8) is 0 Å². The van der Waals surface area contributed by atoms with Crippen molar-refractivity contribution in [1.82, 2.24) is 32.9 Å². The van der Waals surface area contributed by atoms with Crippen LogP contribution >= 0.6 is 0 Å². The molecular weight excluding hydrogens is 518 g/mol. The summed E-state index contributed by atoms with van der Waals surface area (Å²) in [5, 5.41) is 0. The number of imidazole rings is 3. The van der Waals surface area contributed by atoms with Gasteiger partial charge in [-0.25, -0.2) is 15.0 Å². The molecule has 0 unspecified atom stereocenters. The zero-order valence-corrected chi connectivity index (χ0v) is 22.9. The molecule has 0 bridgehead atoms. The van der Waals surface area contributed by atoms with Crippen LogP contribution < -0.4 is 0 Å². The summed E-state index contributed by atoms with van der Waals surface area (Å²) in [7, 11) is 0. The van der Waals surface area contributed by atoms with E-state index in [-0.39, 0.29) is 0 Å². The Labute approximate surface area is 240 Å². The van der Waals surface area contributed by atoms with Gasteiger partial charge in [-0.1, -0.05) is 60.7 Å². The van der Waals surface area contributed by atoms with Gasteiger partial charge >= 0.3 is 0 Å². The average Bonchev–Trinajstić information content (AvgIpc) is 3.68. The molecule has 9 aromatic rings. The number of nitrogens with zero attached hydrogens (tertiary/aromatic N) is 7. The van der Waals surface area contributed by atoms with Crippen molar-refractivity contribution in [3.8, 4) is 5.69 Å². The minimum Gasteiger partial charge on any atom is -0.297 e. The van der Waals surface area contributed by atoms with Gasteiger partial charge in [-0.2, -0.15) is 0 Å². The lowest BCUT2D eigenvalue weighted by Gasteiger charge is -2.09. The molecule has 0 radical (unpaired) electrons. The minimum atomic E-state index is 0.577. The summed E-state index contributed by atoms with van der Waals surface area (Å²) in [4.78, 5) is 15.3. The Kier molecular flexibility index (Phi) is 4.75. The monoisotopic (exact) mass is 543 g/mol. The molecule has 42 heavy (non-hydrogen) atoms. The second kappa shape index (κ2) is 8.65. The summed E-state index contributed by atoms with van der Waals surface area (Å²) in [5.41, 5.74) is 10.5. The highest BCUT2D eigenvalue weighted by Gasteiger charge is 2.18. The van der Waals surface area contributed by atoms with Gasteiger partial charge < -0.3 is 0 Å². The second-order valence-corrected chi connectivity index (χ2v) is 10.7. The highest BCUT2D eigenvalue weighted by atomic mass is 15.3. The van der Waals surface area contributed by atoms with Crippen molar-refractivity contribution < 1.29 is 0 Å². The lowest BCUT2D eigenvalue weighted by Crippen LogP contribution is -2.06. The molecule has 0 aliphatic rings. The maximum atomic E-state index is 5.19. The highest BCUT2D eigenvalue weighted by Crippen LogP contribution is 2.29. The Balaban J connectivity index is 1.37. The Bertz CT molecular complexity index is 2400. The van der Waals surface area contributed by atoms with Crippen molar-refractivity contribution in [1.29, 1.82) is 0 Å². The molecule has 5 aromatic carbocycles. The first-order chi connectivity index (χ1) is 20.7. The second-order valence-electron chi connectivity index (χ2n) is 10.7. The molecule has 0 aliphatic heterocycles. The van der Waals surface area contributed by atoms with Gasteiger partial charge in [0.1, 0.15) is 5.82 Å². The number of aryl methyl sites for hydroxylation is 1. The average molecular weight is 544 g/mol. The number of aromatic nitrogens is 7. The van der Waals surface area contributed by atoms with Gasteiger partial charge in [-0.3, -0.25) is 17.9 Å². The SMILES string of the molecule is Cc1nc2cc(Cn3c4nc5ccccc5n4c4ccccc4n4c5ccccc5nc34)ccc2n1-c1ccccc1. The predicted molar refractivity (Wildman–Crippen MR) is 168 cm³/mol. The van der Waals surface area contributed by atoms with E-state index in [0.29, 0.717) is 6.54 Å². The van der Waals surface area contributed by atoms with E-state index in [1.807, 2.05) is 18.2 Å². The molecule has 4 aromatic heterocycles. The highest BCUT2D eigenvalue weighted by molar-refractivity contribution is 5.92. The van der Waals surface area contributed by atoms with E-state index >= 15 is 0 Å². The van der Waals surface area contributed by atoms with Crippen molar-refractivity contribution in [3.05, 3.63) is 133 Å². The molecular formula is C35H25N7. The molecule has 0 aliphatic carbocycles. The van der Waals surface area contributed by atoms with Gasteiger partial charge in [-0.15, -0.1) is 0 Å². The molecule has 0 N–H and O–H groups in total. The van der Waals surface area contributed by atoms with E-state index in [2.05, 4.69) is 128 Å². The molecule has 0 spiro atoms. The number of para-hydroxylation sites is 7. The number of hydrogen-bond acceptors (Lipinski definition) is 3. The Hall–Kier alpha value is -5.69. The van der Waals surface area contributed by atoms with Crippen molar-refractivity contribution in [2.75, 3.05) is 0 Å². The van der Waals surface area contributed by atoms with E-state index in [9.17, 15) is 0 Å². The Morgan fingerprint density at radius 1 is 0.500 bits per heavy atom. The summed E-state index contributed by atoms with van der Waals surface area (Å²) >= 11 is 0. The summed E-state index contributed by atoms with van der Waals surface area (Å²) in [6.07, 6.45) is 0. The third-order valence-electron chi connectivity index (χ3n) is 8.17. The fourth-order valence-corrected chi connectivity index (χ4v) is 6.37. The fourth-order valence-electron chi connectivity index (χ4n) is 6.37. The third-order valence-corrected chi connectivity index (χ3v) is 8.17. The standard InChI is InChI=1S/C35H25N7/c1-23-36-28-21-24(19-20-31(28)40(23)25-11-3-2-4-12-25)22-39-34-37-26-13-5-7-15-29(26)41(34)32-17-9-10-18-33(32)42-30-16-8-6-14-27(30)38-35(39)42/h2-21H,22H2,1H3. The molecule has 7 nitrogen and oxygen atoms in total. The number of hydrogen-bond donors (Lipinski definition) is 0. The molecule has 4 heterocycles. The van der Waals surface area contributed by atoms with Crippen LogP contribution in [-0.4, -0.2) is 32.9 Å². The van der Waals surface area contributed by atoms with Gasteiger partial charge in [0.15, 0.2) is 0 Å². The molecule has 7 heteroatoms. The lowest BCUT2D eigenvalue weighted by atomic mass is 10.2. The van der Waals surface area contributed by atoms with Crippen molar-refractivity contribution in [2.45, 2.75) is 13.5 Å². The van der Waals surface area contributed by atoms with E-state index in [0.717, 1.165) is 72.8 Å². The number of rotatable bonds is 3. The van der Waals surface area contributed by atoms with Gasteiger partial charge in [-0.05, 0) is 73.2 Å². The van der Waals surface area contributed by atoms with Crippen LogP contribution in [0.1, 0.15) is 11.4 Å². The van der Waals surface area contributed by atoms with E-state index < -0.39 is 0 Å². The Morgan fingerprint density at radius 2 is 1.05 bits per heavy atom. The summed E-state index contributed by atoms with van der Waals surface area (Å²) in [5.74, 6) is 2.63. The zero-order chi connectivity index (χ0) is 27.8. The Morgan fingerprint density at radius 3 is 1.67 bits per heavy atom. The van der Waals surface area contributed by atoms with Crippen molar-refractivity contribution in [2.24, 2.45) is 0 Å². The minimum absolute atomic E-state index is 0.577. The summed E-state index contributed by atoms with van der Waals surface area (Å²) in [6.45, 7) is 2.64. The first-order valence-corrected chi connectivity index (χ1v) is 14.1. The van der Waals surface area contributed by atoms with Crippen molar-refractivity contribution >= 4 is 55.7 Å². The molecule has 0 amide bonds. The van der Waals surface area contributed by atoms with Crippen LogP contribution in [0, 0.1) is 6.92 Å². The number of benzene rings is 5. The quantitative estimate of drug-likeness (QED) is 0.232. The molecule has 0 saturated carbocycles. The fraction of sp³-hybridized carbons (Fsp3) is 0.0571. The maximum absolute atomic E-state index is 5.19. The van der Waals surface area contributed by atoms with Gasteiger partial charge in [0.05, 0.1) is 50.7 Å². The van der Waals surface area contributed by atoms with E-state index in [1.165, 1.54) is 0 Å². The molecule has 0 atom stereocenters. The topological polar surface area (TPSA) is 57.4 Å². The van der Waals surface area contributed by atoms with Gasteiger partial charge in [0.25, 0.3) is 0 Å². The zero-order valence-electron chi connectivity index (χ0n) is 22.9. The first kappa shape index (κ1) is 23.1. The van der Waals surface area contributed by atoms with Crippen LogP contribution in [-0.2, 0) is 6.54 Å². The van der Waals surface area contributed by atoms with Gasteiger partial charge in [0.2, 0.25) is 11.6 Å². The number of fused-ring (bicyclic) bond motifs is 10. The molecule has 0 fully saturated rings. The smallest absolute Gasteiger partial charge is 0.218 e. The van der Waals surface area contributed by atoms with Crippen LogP contribution in [0.4, 0.5) is 0 Å². The first-order valence-electron chi connectivity index (χ1n) is 14.1. The largest absolute Gasteiger partial charge is 0.297 e. The summed E-state index contributed by atoms with van der Waals surface area (Å²) < 4.78 is 8.98. The molecule has 9 rings (SSSR count). The van der Waals surface area contributed by atoms with E-state index in [1.54, 1.807) is 0 Å². The predicted octanol–water partition coefficient (Wildman–Crippen LogP) is 7.50. The summed E-state index contributed by atoms with van der Waals surface area (Å²) in [6, 6.07) is 42.1. The molecule has 0 saturated heterocycles. The van der Waals surface area contributed by atoms with Gasteiger partial charge in [0, 0.05) is 5.69 Å². The lowest BCUT2D eigenvalue weighted by molar-refractivity contribution is 0.810. The van der Waals surface area contributed by atoms with Crippen LogP contribution in [0.5, 0.6) is 0 Å². The van der Waals surface area contributed by atoms with Crippen LogP contribution in [0.3, 0.4) is 0 Å². The third kappa shape index (κ3) is 3.25. The van der Waals surface area contributed by atoms with Crippen LogP contribution in [0.2, 0.25) is 0 Å². The normalized spacial score (nSPS) is 12.0. The molecule has 200 valence electrons. The van der Waals surface area contributed by atoms with E-state index in [4.69, 9.17) is 15.0 Å². The van der Waals surface area contributed by atoms with Crippen LogP contribution in [0.25, 0.3) is 61.4 Å². The van der Waals surface area contributed by atoms with Crippen LogP contribution in [0.15, 0.2) is 121 Å².